The highest BCUT2D eigenvalue weighted by Gasteiger charge is 2.34. The fraction of sp³-hybridized carbons (Fsp3) is 0.611. The van der Waals surface area contributed by atoms with Gasteiger partial charge >= 0.3 is 0 Å². The third-order valence-electron chi connectivity index (χ3n) is 4.82. The minimum atomic E-state index is -0.398. The van der Waals surface area contributed by atoms with Crippen LogP contribution in [0.5, 0.6) is 0 Å². The lowest BCUT2D eigenvalue weighted by Gasteiger charge is -2.38. The number of nitrogens with one attached hydrogen (secondary N) is 1. The van der Waals surface area contributed by atoms with E-state index in [0.717, 1.165) is 29.5 Å². The van der Waals surface area contributed by atoms with E-state index >= 15 is 0 Å². The summed E-state index contributed by atoms with van der Waals surface area (Å²) in [4.78, 5) is 12.3. The number of carbonyl (C=O) groups is 1. The molecule has 0 radical (unpaired) electrons. The van der Waals surface area contributed by atoms with Gasteiger partial charge in [-0.15, -0.1) is 0 Å². The van der Waals surface area contributed by atoms with Gasteiger partial charge in [0.05, 0.1) is 6.04 Å². The molecule has 1 aliphatic rings. The van der Waals surface area contributed by atoms with Gasteiger partial charge in [-0.2, -0.15) is 11.8 Å². The second-order valence-electron chi connectivity index (χ2n) is 6.46. The standard InChI is InChI=1S/C18H27BrN2OS/c1-23-11-8-16(20)17(22)21-13-18(9-3-2-4-10-18)14-6-5-7-15(19)12-14/h5-7,12,16H,2-4,8-11,13,20H2,1H3,(H,21,22)/t16-/m0/s1. The molecule has 1 aromatic rings. The van der Waals surface area contributed by atoms with Crippen molar-refractivity contribution in [1.29, 1.82) is 0 Å². The van der Waals surface area contributed by atoms with Crippen LogP contribution in [0.2, 0.25) is 0 Å². The molecule has 2 rings (SSSR count). The Balaban J connectivity index is 2.06. The van der Waals surface area contributed by atoms with Crippen molar-refractivity contribution in [3.8, 4) is 0 Å². The molecule has 1 atom stereocenters. The maximum absolute atomic E-state index is 12.3. The fourth-order valence-electron chi connectivity index (χ4n) is 3.38. The number of amides is 1. The van der Waals surface area contributed by atoms with E-state index in [4.69, 9.17) is 5.73 Å². The Bertz CT molecular complexity index is 517. The van der Waals surface area contributed by atoms with E-state index in [-0.39, 0.29) is 11.3 Å². The molecule has 0 bridgehead atoms. The first-order valence-corrected chi connectivity index (χ1v) is 10.5. The Hall–Kier alpha value is -0.520. The smallest absolute Gasteiger partial charge is 0.236 e. The molecule has 0 saturated heterocycles. The van der Waals surface area contributed by atoms with Gasteiger partial charge in [0.15, 0.2) is 0 Å². The van der Waals surface area contributed by atoms with Crippen LogP contribution in [0.25, 0.3) is 0 Å². The number of halogens is 1. The zero-order valence-corrected chi connectivity index (χ0v) is 16.2. The highest BCUT2D eigenvalue weighted by molar-refractivity contribution is 9.10. The van der Waals surface area contributed by atoms with Crippen LogP contribution in [0.4, 0.5) is 0 Å². The summed E-state index contributed by atoms with van der Waals surface area (Å²) in [6, 6.07) is 8.13. The van der Waals surface area contributed by atoms with Crippen LogP contribution in [0.15, 0.2) is 28.7 Å². The Morgan fingerprint density at radius 3 is 2.78 bits per heavy atom. The molecule has 1 amide bonds. The SMILES string of the molecule is CSCC[C@H](N)C(=O)NCC1(c2cccc(Br)c2)CCCCC1. The van der Waals surface area contributed by atoms with E-state index in [0.29, 0.717) is 6.54 Å². The van der Waals surface area contributed by atoms with Crippen molar-refractivity contribution >= 4 is 33.6 Å². The van der Waals surface area contributed by atoms with Crippen LogP contribution >= 0.6 is 27.7 Å². The number of hydrogen-bond acceptors (Lipinski definition) is 3. The van der Waals surface area contributed by atoms with Crippen molar-refractivity contribution in [2.24, 2.45) is 5.73 Å². The summed E-state index contributed by atoms with van der Waals surface area (Å²) in [5, 5.41) is 3.13. The maximum Gasteiger partial charge on any atom is 0.236 e. The molecule has 3 nitrogen and oxygen atoms in total. The molecule has 128 valence electrons. The molecule has 0 aromatic heterocycles. The predicted molar refractivity (Wildman–Crippen MR) is 103 cm³/mol. The Morgan fingerprint density at radius 2 is 2.13 bits per heavy atom. The minimum absolute atomic E-state index is 0.0148. The predicted octanol–water partition coefficient (Wildman–Crippen LogP) is 3.85. The molecular formula is C18H27BrN2OS. The first kappa shape index (κ1) is 18.8. The summed E-state index contributed by atoms with van der Waals surface area (Å²) in [6.07, 6.45) is 8.76. The van der Waals surface area contributed by atoms with Gasteiger partial charge in [-0.05, 0) is 49.0 Å². The number of hydrogen-bond donors (Lipinski definition) is 2. The highest BCUT2D eigenvalue weighted by Crippen LogP contribution is 2.39. The van der Waals surface area contributed by atoms with E-state index in [1.807, 2.05) is 6.26 Å². The van der Waals surface area contributed by atoms with Gasteiger partial charge in [-0.1, -0.05) is 47.3 Å². The minimum Gasteiger partial charge on any atom is -0.354 e. The Kier molecular flexibility index (Phi) is 7.44. The van der Waals surface area contributed by atoms with Gasteiger partial charge in [0.1, 0.15) is 0 Å². The summed E-state index contributed by atoms with van der Waals surface area (Å²) in [7, 11) is 0. The summed E-state index contributed by atoms with van der Waals surface area (Å²) in [5.74, 6) is 0.907. The number of benzene rings is 1. The van der Waals surface area contributed by atoms with Gasteiger partial charge in [0.25, 0.3) is 0 Å². The van der Waals surface area contributed by atoms with E-state index in [2.05, 4.69) is 45.5 Å². The zero-order valence-electron chi connectivity index (χ0n) is 13.8. The number of thioether (sulfide) groups is 1. The van der Waals surface area contributed by atoms with E-state index < -0.39 is 6.04 Å². The van der Waals surface area contributed by atoms with Gasteiger partial charge in [-0.25, -0.2) is 0 Å². The molecule has 3 N–H and O–H groups in total. The maximum atomic E-state index is 12.3. The van der Waals surface area contributed by atoms with Crippen molar-refractivity contribution in [1.82, 2.24) is 5.32 Å². The largest absolute Gasteiger partial charge is 0.354 e. The first-order valence-electron chi connectivity index (χ1n) is 8.36. The molecule has 23 heavy (non-hydrogen) atoms. The highest BCUT2D eigenvalue weighted by atomic mass is 79.9. The molecule has 0 unspecified atom stereocenters. The summed E-state index contributed by atoms with van der Waals surface area (Å²) < 4.78 is 1.10. The van der Waals surface area contributed by atoms with E-state index in [1.54, 1.807) is 11.8 Å². The topological polar surface area (TPSA) is 55.1 Å². The number of carbonyl (C=O) groups excluding carboxylic acids is 1. The van der Waals surface area contributed by atoms with E-state index in [1.165, 1.54) is 24.8 Å². The summed E-state index contributed by atoms with van der Waals surface area (Å²) >= 11 is 5.30. The average Bonchev–Trinajstić information content (AvgIpc) is 2.58. The molecule has 1 aromatic carbocycles. The van der Waals surface area contributed by atoms with Gasteiger partial charge in [0.2, 0.25) is 5.91 Å². The first-order chi connectivity index (χ1) is 11.1. The molecular weight excluding hydrogens is 372 g/mol. The Labute approximate surface area is 152 Å². The molecule has 1 aliphatic carbocycles. The summed E-state index contributed by atoms with van der Waals surface area (Å²) in [6.45, 7) is 0.690. The third kappa shape index (κ3) is 5.23. The Morgan fingerprint density at radius 1 is 1.39 bits per heavy atom. The molecule has 5 heteroatoms. The number of rotatable bonds is 7. The normalized spacial score (nSPS) is 18.4. The monoisotopic (exact) mass is 398 g/mol. The lowest BCUT2D eigenvalue weighted by atomic mass is 9.69. The van der Waals surface area contributed by atoms with Crippen LogP contribution in [0.1, 0.15) is 44.1 Å². The summed E-state index contributed by atoms with van der Waals surface area (Å²) in [5.41, 5.74) is 7.37. The van der Waals surface area contributed by atoms with Gasteiger partial charge < -0.3 is 11.1 Å². The van der Waals surface area contributed by atoms with Gasteiger partial charge in [-0.3, -0.25) is 4.79 Å². The zero-order chi connectivity index (χ0) is 16.7. The van der Waals surface area contributed by atoms with Crippen molar-refractivity contribution in [2.45, 2.75) is 50.0 Å². The van der Waals surface area contributed by atoms with E-state index in [9.17, 15) is 4.79 Å². The molecule has 0 heterocycles. The van der Waals surface area contributed by atoms with Crippen molar-refractivity contribution in [3.05, 3.63) is 34.3 Å². The van der Waals surface area contributed by atoms with Crippen molar-refractivity contribution in [2.75, 3.05) is 18.6 Å². The van der Waals surface area contributed by atoms with Crippen molar-refractivity contribution in [3.63, 3.8) is 0 Å². The third-order valence-corrected chi connectivity index (χ3v) is 5.96. The molecule has 1 fully saturated rings. The molecule has 0 spiro atoms. The molecule has 0 aliphatic heterocycles. The second-order valence-corrected chi connectivity index (χ2v) is 8.36. The van der Waals surface area contributed by atoms with Gasteiger partial charge in [0, 0.05) is 16.4 Å². The fourth-order valence-corrected chi connectivity index (χ4v) is 4.27. The van der Waals surface area contributed by atoms with Crippen LogP contribution in [-0.4, -0.2) is 30.5 Å². The second kappa shape index (κ2) is 9.09. The molecule has 1 saturated carbocycles. The number of nitrogens with two attached hydrogens (primary N) is 1. The van der Waals surface area contributed by atoms with Crippen LogP contribution < -0.4 is 11.1 Å². The quantitative estimate of drug-likeness (QED) is 0.732. The van der Waals surface area contributed by atoms with Crippen LogP contribution in [-0.2, 0) is 10.2 Å². The van der Waals surface area contributed by atoms with Crippen LogP contribution in [0.3, 0.4) is 0 Å². The lowest BCUT2D eigenvalue weighted by molar-refractivity contribution is -0.122. The van der Waals surface area contributed by atoms with Crippen molar-refractivity contribution < 1.29 is 4.79 Å². The lowest BCUT2D eigenvalue weighted by Crippen LogP contribution is -2.47. The van der Waals surface area contributed by atoms with Crippen LogP contribution in [0, 0.1) is 0 Å². The average molecular weight is 399 g/mol.